The van der Waals surface area contributed by atoms with E-state index in [1.165, 1.54) is 0 Å². The zero-order valence-electron chi connectivity index (χ0n) is 15.9. The molecular weight excluding hydrogens is 352 g/mol. The highest BCUT2D eigenvalue weighted by Gasteiger charge is 2.11. The van der Waals surface area contributed by atoms with E-state index in [2.05, 4.69) is 10.6 Å². The Morgan fingerprint density at radius 1 is 0.821 bits per heavy atom. The highest BCUT2D eigenvalue weighted by Crippen LogP contribution is 2.22. The van der Waals surface area contributed by atoms with E-state index in [1.54, 1.807) is 24.3 Å². The van der Waals surface area contributed by atoms with Gasteiger partial charge in [-0.15, -0.1) is 0 Å². The maximum Gasteiger partial charge on any atom is 0.251 e. The number of para-hydroxylation sites is 2. The Labute approximate surface area is 164 Å². The fourth-order valence-corrected chi connectivity index (χ4v) is 2.78. The smallest absolute Gasteiger partial charge is 0.251 e. The summed E-state index contributed by atoms with van der Waals surface area (Å²) < 4.78 is 5.74. The Hall–Kier alpha value is -3.60. The van der Waals surface area contributed by atoms with Gasteiger partial charge in [0, 0.05) is 11.3 Å². The molecule has 5 nitrogen and oxygen atoms in total. The summed E-state index contributed by atoms with van der Waals surface area (Å²) in [5.41, 5.74) is 3.16. The molecule has 0 aliphatic carbocycles. The second-order valence-electron chi connectivity index (χ2n) is 6.44. The molecule has 0 saturated heterocycles. The van der Waals surface area contributed by atoms with Gasteiger partial charge in [-0.3, -0.25) is 9.59 Å². The van der Waals surface area contributed by atoms with Crippen molar-refractivity contribution in [3.05, 3.63) is 89.5 Å². The van der Waals surface area contributed by atoms with Gasteiger partial charge >= 0.3 is 0 Å². The number of hydrogen-bond acceptors (Lipinski definition) is 3. The third kappa shape index (κ3) is 4.98. The van der Waals surface area contributed by atoms with Crippen LogP contribution in [0.4, 0.5) is 5.69 Å². The van der Waals surface area contributed by atoms with Crippen LogP contribution in [0.15, 0.2) is 72.8 Å². The van der Waals surface area contributed by atoms with Crippen molar-refractivity contribution in [3.8, 4) is 11.5 Å². The number of nitrogens with one attached hydrogen (secondary N) is 2. The second kappa shape index (κ2) is 8.86. The third-order valence-corrected chi connectivity index (χ3v) is 4.23. The summed E-state index contributed by atoms with van der Waals surface area (Å²) in [6.45, 7) is 3.75. The van der Waals surface area contributed by atoms with Crippen LogP contribution >= 0.6 is 0 Å². The number of benzene rings is 3. The summed E-state index contributed by atoms with van der Waals surface area (Å²) in [5, 5.41) is 5.49. The predicted octanol–water partition coefficient (Wildman–Crippen LogP) is 4.46. The average Bonchev–Trinajstić information content (AvgIpc) is 2.70. The fraction of sp³-hybridized carbons (Fsp3) is 0.130. The molecule has 3 aromatic rings. The van der Waals surface area contributed by atoms with Crippen LogP contribution in [-0.2, 0) is 4.79 Å². The van der Waals surface area contributed by atoms with Gasteiger partial charge in [0.25, 0.3) is 5.91 Å². The number of hydrogen-bond donors (Lipinski definition) is 2. The van der Waals surface area contributed by atoms with Gasteiger partial charge in [0.05, 0.1) is 6.54 Å². The van der Waals surface area contributed by atoms with E-state index >= 15 is 0 Å². The Bertz CT molecular complexity index is 964. The number of carbonyl (C=O) groups excluding carboxylic acids is 2. The summed E-state index contributed by atoms with van der Waals surface area (Å²) in [4.78, 5) is 24.6. The van der Waals surface area contributed by atoms with Crippen molar-refractivity contribution in [1.29, 1.82) is 0 Å². The molecule has 2 N–H and O–H groups in total. The molecule has 0 aliphatic heterocycles. The fourth-order valence-electron chi connectivity index (χ4n) is 2.78. The maximum absolute atomic E-state index is 12.4. The van der Waals surface area contributed by atoms with E-state index in [-0.39, 0.29) is 18.4 Å². The van der Waals surface area contributed by atoms with Gasteiger partial charge in [-0.05, 0) is 55.3 Å². The van der Waals surface area contributed by atoms with E-state index < -0.39 is 0 Å². The molecule has 0 fully saturated rings. The maximum atomic E-state index is 12.4. The van der Waals surface area contributed by atoms with E-state index in [1.807, 2.05) is 62.4 Å². The molecular formula is C23H22N2O3. The molecule has 0 spiro atoms. The van der Waals surface area contributed by atoms with Crippen molar-refractivity contribution in [2.75, 3.05) is 11.9 Å². The van der Waals surface area contributed by atoms with E-state index in [4.69, 9.17) is 4.74 Å². The summed E-state index contributed by atoms with van der Waals surface area (Å²) in [6, 6.07) is 22.0. The van der Waals surface area contributed by atoms with Crippen LogP contribution in [0.5, 0.6) is 11.5 Å². The van der Waals surface area contributed by atoms with E-state index in [0.717, 1.165) is 16.8 Å². The monoisotopic (exact) mass is 374 g/mol. The van der Waals surface area contributed by atoms with Crippen molar-refractivity contribution in [2.45, 2.75) is 13.8 Å². The van der Waals surface area contributed by atoms with Crippen LogP contribution in [0.2, 0.25) is 0 Å². The first kappa shape index (κ1) is 19.2. The Balaban J connectivity index is 1.59. The van der Waals surface area contributed by atoms with Crippen LogP contribution in [0, 0.1) is 13.8 Å². The number of aryl methyl sites for hydroxylation is 2. The van der Waals surface area contributed by atoms with E-state index in [9.17, 15) is 9.59 Å². The third-order valence-electron chi connectivity index (χ3n) is 4.23. The minimum absolute atomic E-state index is 0.115. The molecule has 2 amide bonds. The lowest BCUT2D eigenvalue weighted by Crippen LogP contribution is -2.33. The van der Waals surface area contributed by atoms with Gasteiger partial charge in [-0.1, -0.05) is 42.5 Å². The standard InChI is InChI=1S/C23H22N2O3/c1-16-8-6-9-17(2)22(16)25-21(26)15-24-23(27)18-10-7-13-20(14-18)28-19-11-4-3-5-12-19/h3-14H,15H2,1-2H3,(H,24,27)(H,25,26). The quantitative estimate of drug-likeness (QED) is 0.669. The zero-order chi connectivity index (χ0) is 19.9. The van der Waals surface area contributed by atoms with Gasteiger partial charge in [-0.2, -0.15) is 0 Å². The van der Waals surface area contributed by atoms with E-state index in [0.29, 0.717) is 17.1 Å². The van der Waals surface area contributed by atoms with Crippen molar-refractivity contribution in [2.24, 2.45) is 0 Å². The molecule has 28 heavy (non-hydrogen) atoms. The molecule has 0 aromatic heterocycles. The van der Waals surface area contributed by atoms with Crippen LogP contribution in [0.25, 0.3) is 0 Å². The molecule has 0 unspecified atom stereocenters. The van der Waals surface area contributed by atoms with Gasteiger partial charge in [-0.25, -0.2) is 0 Å². The summed E-state index contributed by atoms with van der Waals surface area (Å²) >= 11 is 0. The number of rotatable bonds is 6. The lowest BCUT2D eigenvalue weighted by Gasteiger charge is -2.12. The predicted molar refractivity (Wildman–Crippen MR) is 110 cm³/mol. The van der Waals surface area contributed by atoms with Crippen LogP contribution in [0.1, 0.15) is 21.5 Å². The molecule has 0 atom stereocenters. The van der Waals surface area contributed by atoms with Crippen molar-refractivity contribution in [1.82, 2.24) is 5.32 Å². The van der Waals surface area contributed by atoms with Crippen LogP contribution < -0.4 is 15.4 Å². The van der Waals surface area contributed by atoms with Crippen LogP contribution in [0.3, 0.4) is 0 Å². The highest BCUT2D eigenvalue weighted by atomic mass is 16.5. The van der Waals surface area contributed by atoms with Gasteiger partial charge in [0.2, 0.25) is 5.91 Å². The first-order valence-electron chi connectivity index (χ1n) is 9.00. The highest BCUT2D eigenvalue weighted by molar-refractivity contribution is 6.00. The zero-order valence-corrected chi connectivity index (χ0v) is 15.9. The minimum atomic E-state index is -0.338. The lowest BCUT2D eigenvalue weighted by molar-refractivity contribution is -0.115. The van der Waals surface area contributed by atoms with Crippen molar-refractivity contribution in [3.63, 3.8) is 0 Å². The van der Waals surface area contributed by atoms with Crippen molar-refractivity contribution < 1.29 is 14.3 Å². The largest absolute Gasteiger partial charge is 0.457 e. The lowest BCUT2D eigenvalue weighted by atomic mass is 10.1. The summed E-state index contributed by atoms with van der Waals surface area (Å²) in [6.07, 6.45) is 0. The molecule has 142 valence electrons. The first-order chi connectivity index (χ1) is 13.5. The van der Waals surface area contributed by atoms with Gasteiger partial charge in [0.1, 0.15) is 11.5 Å². The molecule has 3 aromatic carbocycles. The molecule has 0 radical (unpaired) electrons. The molecule has 0 saturated carbocycles. The topological polar surface area (TPSA) is 67.4 Å². The Kier molecular flexibility index (Phi) is 6.07. The summed E-state index contributed by atoms with van der Waals surface area (Å²) in [5.74, 6) is 0.629. The molecule has 3 rings (SSSR count). The number of ether oxygens (including phenoxy) is 1. The second-order valence-corrected chi connectivity index (χ2v) is 6.44. The van der Waals surface area contributed by atoms with Crippen molar-refractivity contribution >= 4 is 17.5 Å². The Morgan fingerprint density at radius 3 is 2.18 bits per heavy atom. The number of carbonyl (C=O) groups is 2. The number of anilines is 1. The van der Waals surface area contributed by atoms with Gasteiger partial charge < -0.3 is 15.4 Å². The SMILES string of the molecule is Cc1cccc(C)c1NC(=O)CNC(=O)c1cccc(Oc2ccccc2)c1. The molecule has 0 heterocycles. The molecule has 5 heteroatoms. The minimum Gasteiger partial charge on any atom is -0.457 e. The molecule has 0 aliphatic rings. The Morgan fingerprint density at radius 2 is 1.46 bits per heavy atom. The number of amides is 2. The summed E-state index contributed by atoms with van der Waals surface area (Å²) in [7, 11) is 0. The first-order valence-corrected chi connectivity index (χ1v) is 9.00. The normalized spacial score (nSPS) is 10.2. The van der Waals surface area contributed by atoms with Crippen LogP contribution in [-0.4, -0.2) is 18.4 Å². The average molecular weight is 374 g/mol. The molecule has 0 bridgehead atoms. The van der Waals surface area contributed by atoms with Gasteiger partial charge in [0.15, 0.2) is 0 Å².